The predicted octanol–water partition coefficient (Wildman–Crippen LogP) is 5.86. The number of hydrogen-bond donors (Lipinski definition) is 0. The zero-order chi connectivity index (χ0) is 22.1. The van der Waals surface area contributed by atoms with Gasteiger partial charge in [0, 0.05) is 36.4 Å². The van der Waals surface area contributed by atoms with Crippen molar-refractivity contribution in [2.45, 2.75) is 51.7 Å². The molecule has 1 fully saturated rings. The Hall–Kier alpha value is -2.46. The highest BCUT2D eigenvalue weighted by Gasteiger charge is 2.62. The number of nitrogens with zero attached hydrogens (tertiary/aromatic N) is 2. The molecule has 0 amide bonds. The van der Waals surface area contributed by atoms with Gasteiger partial charge in [0.1, 0.15) is 5.75 Å². The smallest absolute Gasteiger partial charge is 0.170 e. The van der Waals surface area contributed by atoms with E-state index in [0.717, 1.165) is 44.8 Å². The molecule has 2 aliphatic rings. The number of hydrogen-bond acceptors (Lipinski definition) is 4. The molecule has 4 heteroatoms. The molecule has 0 saturated carbocycles. The fourth-order valence-electron chi connectivity index (χ4n) is 5.72. The van der Waals surface area contributed by atoms with Crippen LogP contribution in [-0.2, 0) is 10.2 Å². The first-order valence-corrected chi connectivity index (χ1v) is 11.7. The lowest BCUT2D eigenvalue weighted by atomic mass is 9.69. The number of ether oxygens (including phenoxy) is 2. The predicted molar refractivity (Wildman–Crippen MR) is 130 cm³/mol. The standard InChI is InChI=1S/C27H36N2O2/c1-6-26(7-2)24-20-23(30-5)14-15-25(24)29-18-19-31-27(26,29)17-16-21-10-12-22(13-11-21)28(8-3)9-4/h10-17,20H,6-9,18-19H2,1-5H3. The summed E-state index contributed by atoms with van der Waals surface area (Å²) >= 11 is 0. The Morgan fingerprint density at radius 3 is 2.35 bits per heavy atom. The Morgan fingerprint density at radius 1 is 1.03 bits per heavy atom. The molecule has 0 spiro atoms. The summed E-state index contributed by atoms with van der Waals surface area (Å²) in [4.78, 5) is 4.84. The molecule has 2 aliphatic heterocycles. The Bertz CT molecular complexity index is 929. The third kappa shape index (κ3) is 3.23. The van der Waals surface area contributed by atoms with Gasteiger partial charge in [-0.25, -0.2) is 0 Å². The molecule has 0 N–H and O–H groups in total. The third-order valence-electron chi connectivity index (χ3n) is 7.46. The summed E-state index contributed by atoms with van der Waals surface area (Å²) in [6, 6.07) is 15.4. The number of benzene rings is 2. The van der Waals surface area contributed by atoms with E-state index in [4.69, 9.17) is 9.47 Å². The van der Waals surface area contributed by atoms with Gasteiger partial charge in [0.05, 0.1) is 13.7 Å². The second-order valence-corrected chi connectivity index (χ2v) is 8.47. The highest BCUT2D eigenvalue weighted by atomic mass is 16.5. The number of fused-ring (bicyclic) bond motifs is 3. The van der Waals surface area contributed by atoms with Crippen molar-refractivity contribution in [3.8, 4) is 5.75 Å². The summed E-state index contributed by atoms with van der Waals surface area (Å²) in [5, 5.41) is 0. The number of rotatable bonds is 8. The number of methoxy groups -OCH3 is 1. The van der Waals surface area contributed by atoms with Crippen LogP contribution in [0.25, 0.3) is 6.08 Å². The van der Waals surface area contributed by atoms with Gasteiger partial charge in [-0.1, -0.05) is 32.1 Å². The topological polar surface area (TPSA) is 24.9 Å². The van der Waals surface area contributed by atoms with Crippen molar-refractivity contribution < 1.29 is 9.47 Å². The lowest BCUT2D eigenvalue weighted by molar-refractivity contribution is -0.0171. The molecule has 0 bridgehead atoms. The molecular formula is C27H36N2O2. The maximum absolute atomic E-state index is 6.63. The Morgan fingerprint density at radius 2 is 1.74 bits per heavy atom. The molecular weight excluding hydrogens is 384 g/mol. The van der Waals surface area contributed by atoms with E-state index in [1.165, 1.54) is 22.5 Å². The van der Waals surface area contributed by atoms with Crippen molar-refractivity contribution in [3.63, 3.8) is 0 Å². The minimum Gasteiger partial charge on any atom is -0.497 e. The van der Waals surface area contributed by atoms with E-state index in [1.54, 1.807) is 7.11 Å². The molecule has 4 rings (SSSR count). The van der Waals surface area contributed by atoms with Crippen LogP contribution in [0.1, 0.15) is 51.7 Å². The summed E-state index contributed by atoms with van der Waals surface area (Å²) in [6.07, 6.45) is 6.57. The van der Waals surface area contributed by atoms with E-state index in [9.17, 15) is 0 Å². The van der Waals surface area contributed by atoms with Gasteiger partial charge in [0.15, 0.2) is 5.72 Å². The molecule has 0 radical (unpaired) electrons. The van der Waals surface area contributed by atoms with Gasteiger partial charge in [0.25, 0.3) is 0 Å². The van der Waals surface area contributed by atoms with E-state index in [2.05, 4.69) is 92.1 Å². The first-order valence-electron chi connectivity index (χ1n) is 11.7. The van der Waals surface area contributed by atoms with Crippen LogP contribution in [0.2, 0.25) is 0 Å². The molecule has 2 aromatic carbocycles. The van der Waals surface area contributed by atoms with Crippen LogP contribution < -0.4 is 14.5 Å². The maximum atomic E-state index is 6.63. The maximum Gasteiger partial charge on any atom is 0.170 e. The fourth-order valence-corrected chi connectivity index (χ4v) is 5.72. The van der Waals surface area contributed by atoms with Gasteiger partial charge in [-0.2, -0.15) is 0 Å². The highest BCUT2D eigenvalue weighted by Crippen LogP contribution is 2.59. The molecule has 4 nitrogen and oxygen atoms in total. The molecule has 2 heterocycles. The van der Waals surface area contributed by atoms with Crippen LogP contribution in [0.3, 0.4) is 0 Å². The summed E-state index contributed by atoms with van der Waals surface area (Å²) in [5.74, 6) is 0.914. The highest BCUT2D eigenvalue weighted by molar-refractivity contribution is 5.72. The lowest BCUT2D eigenvalue weighted by Gasteiger charge is -2.43. The van der Waals surface area contributed by atoms with Crippen LogP contribution in [0.5, 0.6) is 5.75 Å². The zero-order valence-electron chi connectivity index (χ0n) is 19.6. The average molecular weight is 421 g/mol. The summed E-state index contributed by atoms with van der Waals surface area (Å²) in [6.45, 7) is 12.7. The van der Waals surface area contributed by atoms with Crippen molar-refractivity contribution in [2.75, 3.05) is 43.2 Å². The van der Waals surface area contributed by atoms with Gasteiger partial charge in [0.2, 0.25) is 0 Å². The Kier molecular flexibility index (Phi) is 6.02. The quantitative estimate of drug-likeness (QED) is 0.534. The summed E-state index contributed by atoms with van der Waals surface area (Å²) in [5.41, 5.74) is 4.54. The first-order chi connectivity index (χ1) is 15.1. The average Bonchev–Trinajstić information content (AvgIpc) is 3.33. The van der Waals surface area contributed by atoms with Gasteiger partial charge < -0.3 is 19.3 Å². The van der Waals surface area contributed by atoms with Gasteiger partial charge in [-0.15, -0.1) is 0 Å². The molecule has 166 valence electrons. The fraction of sp³-hybridized carbons (Fsp3) is 0.481. The summed E-state index contributed by atoms with van der Waals surface area (Å²) in [7, 11) is 1.74. The van der Waals surface area contributed by atoms with Crippen LogP contribution >= 0.6 is 0 Å². The van der Waals surface area contributed by atoms with Crippen LogP contribution in [0, 0.1) is 0 Å². The zero-order valence-corrected chi connectivity index (χ0v) is 19.6. The molecule has 0 aliphatic carbocycles. The van der Waals surface area contributed by atoms with Crippen molar-refractivity contribution in [1.82, 2.24) is 0 Å². The van der Waals surface area contributed by atoms with Crippen LogP contribution in [0.4, 0.5) is 11.4 Å². The monoisotopic (exact) mass is 420 g/mol. The minimum atomic E-state index is -0.456. The van der Waals surface area contributed by atoms with Crippen LogP contribution in [-0.4, -0.2) is 39.1 Å². The van der Waals surface area contributed by atoms with Crippen molar-refractivity contribution in [2.24, 2.45) is 0 Å². The van der Waals surface area contributed by atoms with Gasteiger partial charge in [-0.05, 0) is 74.2 Å². The minimum absolute atomic E-state index is 0.106. The Labute approximate surface area is 187 Å². The van der Waals surface area contributed by atoms with E-state index in [0.29, 0.717) is 0 Å². The van der Waals surface area contributed by atoms with Crippen molar-refractivity contribution in [3.05, 3.63) is 59.7 Å². The molecule has 0 aromatic heterocycles. The lowest BCUT2D eigenvalue weighted by Crippen LogP contribution is -2.54. The molecule has 1 atom stereocenters. The molecule has 31 heavy (non-hydrogen) atoms. The van der Waals surface area contributed by atoms with Crippen LogP contribution in [0.15, 0.2) is 48.5 Å². The summed E-state index contributed by atoms with van der Waals surface area (Å²) < 4.78 is 12.2. The first kappa shape index (κ1) is 21.8. The third-order valence-corrected chi connectivity index (χ3v) is 7.46. The molecule has 2 aromatic rings. The second-order valence-electron chi connectivity index (χ2n) is 8.47. The van der Waals surface area contributed by atoms with Gasteiger partial charge in [-0.3, -0.25) is 0 Å². The van der Waals surface area contributed by atoms with Crippen molar-refractivity contribution in [1.29, 1.82) is 0 Å². The largest absolute Gasteiger partial charge is 0.497 e. The molecule has 1 unspecified atom stereocenters. The van der Waals surface area contributed by atoms with Gasteiger partial charge >= 0.3 is 0 Å². The van der Waals surface area contributed by atoms with E-state index in [1.807, 2.05) is 0 Å². The van der Waals surface area contributed by atoms with E-state index < -0.39 is 5.72 Å². The normalized spacial score (nSPS) is 21.4. The van der Waals surface area contributed by atoms with E-state index in [-0.39, 0.29) is 5.41 Å². The SMILES string of the molecule is CCN(CC)c1ccc(C=CC23OCCN2c2ccc(OC)cc2C3(CC)CC)cc1. The van der Waals surface area contributed by atoms with E-state index >= 15 is 0 Å². The Balaban J connectivity index is 1.74. The second kappa shape index (κ2) is 8.58. The number of anilines is 2. The molecule has 1 saturated heterocycles. The van der Waals surface area contributed by atoms with Crippen molar-refractivity contribution >= 4 is 17.5 Å².